The molecule has 0 aliphatic carbocycles. The molecule has 0 bridgehead atoms. The van der Waals surface area contributed by atoms with Crippen LogP contribution in [-0.4, -0.2) is 10.9 Å². The number of oxazole rings is 1. The van der Waals surface area contributed by atoms with Gasteiger partial charge in [0, 0.05) is 17.7 Å². The van der Waals surface area contributed by atoms with Gasteiger partial charge in [-0.25, -0.2) is 4.98 Å². The molecule has 0 fully saturated rings. The van der Waals surface area contributed by atoms with Crippen molar-refractivity contribution < 1.29 is 9.21 Å². The first-order valence-electron chi connectivity index (χ1n) is 9.89. The number of carbonyl (C=O) groups is 1. The number of fused-ring (bicyclic) bond motifs is 2. The van der Waals surface area contributed by atoms with Crippen molar-refractivity contribution in [3.63, 3.8) is 0 Å². The molecule has 1 heterocycles. The number of carbonyl (C=O) groups excluding carboxylic acids is 1. The van der Waals surface area contributed by atoms with Gasteiger partial charge in [0.25, 0.3) is 5.91 Å². The molecule has 0 spiro atoms. The molecule has 5 rings (SSSR count). The third kappa shape index (κ3) is 3.55. The van der Waals surface area contributed by atoms with Crippen LogP contribution in [0.15, 0.2) is 89.3 Å². The molecular weight excluding hydrogens is 372 g/mol. The number of hydrogen-bond acceptors (Lipinski definition) is 3. The Morgan fingerprint density at radius 2 is 1.70 bits per heavy atom. The number of nitrogens with zero attached hydrogens (tertiary/aromatic N) is 1. The topological polar surface area (TPSA) is 55.1 Å². The second kappa shape index (κ2) is 7.48. The Morgan fingerprint density at radius 3 is 2.53 bits per heavy atom. The normalized spacial score (nSPS) is 11.1. The van der Waals surface area contributed by atoms with Gasteiger partial charge in [0.2, 0.25) is 5.89 Å². The zero-order valence-electron chi connectivity index (χ0n) is 16.6. The van der Waals surface area contributed by atoms with E-state index in [-0.39, 0.29) is 5.91 Å². The van der Waals surface area contributed by atoms with Crippen molar-refractivity contribution in [2.45, 2.75) is 13.5 Å². The van der Waals surface area contributed by atoms with Gasteiger partial charge >= 0.3 is 0 Å². The SMILES string of the molecule is Cc1ccc2nc(-c3ccc(CNC(=O)c4ccc5ccccc5c4)cc3)oc2c1. The molecule has 0 aliphatic heterocycles. The molecule has 1 N–H and O–H groups in total. The number of benzene rings is 4. The minimum Gasteiger partial charge on any atom is -0.436 e. The summed E-state index contributed by atoms with van der Waals surface area (Å²) in [4.78, 5) is 17.1. The monoisotopic (exact) mass is 392 g/mol. The van der Waals surface area contributed by atoms with E-state index >= 15 is 0 Å². The summed E-state index contributed by atoms with van der Waals surface area (Å²) in [5, 5.41) is 5.17. The van der Waals surface area contributed by atoms with Crippen molar-refractivity contribution in [1.82, 2.24) is 10.3 Å². The number of rotatable bonds is 4. The third-order valence-corrected chi connectivity index (χ3v) is 5.21. The highest BCUT2D eigenvalue weighted by molar-refractivity contribution is 5.98. The standard InChI is InChI=1S/C26H20N2O2/c1-17-6-13-23-24(14-17)30-26(28-23)20-9-7-18(8-10-20)16-27-25(29)22-12-11-19-4-2-3-5-21(19)15-22/h2-15H,16H2,1H3,(H,27,29). The maximum atomic E-state index is 12.5. The number of aromatic nitrogens is 1. The molecule has 0 radical (unpaired) electrons. The van der Waals surface area contributed by atoms with Gasteiger partial charge < -0.3 is 9.73 Å². The number of amides is 1. The first-order chi connectivity index (χ1) is 14.7. The molecule has 4 nitrogen and oxygen atoms in total. The van der Waals surface area contributed by atoms with Gasteiger partial charge in [-0.2, -0.15) is 0 Å². The molecule has 4 heteroatoms. The molecule has 0 aliphatic rings. The van der Waals surface area contributed by atoms with E-state index in [2.05, 4.69) is 10.3 Å². The van der Waals surface area contributed by atoms with Crippen LogP contribution in [0.2, 0.25) is 0 Å². The summed E-state index contributed by atoms with van der Waals surface area (Å²) < 4.78 is 5.89. The van der Waals surface area contributed by atoms with Gasteiger partial charge in [0.05, 0.1) is 0 Å². The second-order valence-corrected chi connectivity index (χ2v) is 7.43. The first-order valence-corrected chi connectivity index (χ1v) is 9.89. The van der Waals surface area contributed by atoms with Crippen molar-refractivity contribution in [2.24, 2.45) is 0 Å². The lowest BCUT2D eigenvalue weighted by Gasteiger charge is -2.07. The smallest absolute Gasteiger partial charge is 0.251 e. The zero-order chi connectivity index (χ0) is 20.5. The molecule has 1 aromatic heterocycles. The Hall–Kier alpha value is -3.92. The Balaban J connectivity index is 1.28. The van der Waals surface area contributed by atoms with Gasteiger partial charge in [0.15, 0.2) is 5.58 Å². The largest absolute Gasteiger partial charge is 0.436 e. The molecule has 1 amide bonds. The molecule has 0 saturated carbocycles. The summed E-state index contributed by atoms with van der Waals surface area (Å²) in [6.45, 7) is 2.49. The molecule has 0 unspecified atom stereocenters. The quantitative estimate of drug-likeness (QED) is 0.415. The molecular formula is C26H20N2O2. The maximum Gasteiger partial charge on any atom is 0.251 e. The lowest BCUT2D eigenvalue weighted by Crippen LogP contribution is -2.22. The molecule has 30 heavy (non-hydrogen) atoms. The number of hydrogen-bond donors (Lipinski definition) is 1. The van der Waals surface area contributed by atoms with Crippen LogP contribution >= 0.6 is 0 Å². The maximum absolute atomic E-state index is 12.5. The Labute approximate surface area is 174 Å². The van der Waals surface area contributed by atoms with Gasteiger partial charge in [0.1, 0.15) is 5.52 Å². The zero-order valence-corrected chi connectivity index (χ0v) is 16.6. The Kier molecular flexibility index (Phi) is 4.52. The van der Waals surface area contributed by atoms with Crippen molar-refractivity contribution in [1.29, 1.82) is 0 Å². The highest BCUT2D eigenvalue weighted by Gasteiger charge is 2.09. The van der Waals surface area contributed by atoms with Crippen LogP contribution in [0.1, 0.15) is 21.5 Å². The van der Waals surface area contributed by atoms with Gasteiger partial charge in [-0.05, 0) is 65.2 Å². The van der Waals surface area contributed by atoms with Gasteiger partial charge in [-0.15, -0.1) is 0 Å². The fourth-order valence-corrected chi connectivity index (χ4v) is 3.54. The van der Waals surface area contributed by atoms with Crippen molar-refractivity contribution in [3.8, 4) is 11.5 Å². The van der Waals surface area contributed by atoms with E-state index < -0.39 is 0 Å². The summed E-state index contributed by atoms with van der Waals surface area (Å²) >= 11 is 0. The van der Waals surface area contributed by atoms with E-state index in [1.54, 1.807) is 0 Å². The van der Waals surface area contributed by atoms with E-state index in [9.17, 15) is 4.79 Å². The van der Waals surface area contributed by atoms with Crippen LogP contribution in [0, 0.1) is 6.92 Å². The van der Waals surface area contributed by atoms with Gasteiger partial charge in [-0.1, -0.05) is 48.5 Å². The van der Waals surface area contributed by atoms with Gasteiger partial charge in [-0.3, -0.25) is 4.79 Å². The summed E-state index contributed by atoms with van der Waals surface area (Å²) in [5.41, 5.74) is 5.36. The van der Waals surface area contributed by atoms with Crippen molar-refractivity contribution >= 4 is 27.8 Å². The fraction of sp³-hybridized carbons (Fsp3) is 0.0769. The lowest BCUT2D eigenvalue weighted by atomic mass is 10.1. The summed E-state index contributed by atoms with van der Waals surface area (Å²) in [6, 6.07) is 27.6. The molecule has 4 aromatic carbocycles. The van der Waals surface area contributed by atoms with Crippen LogP contribution < -0.4 is 5.32 Å². The van der Waals surface area contributed by atoms with E-state index in [1.807, 2.05) is 91.9 Å². The average molecular weight is 392 g/mol. The predicted molar refractivity (Wildman–Crippen MR) is 119 cm³/mol. The van der Waals surface area contributed by atoms with E-state index in [1.165, 1.54) is 0 Å². The molecule has 0 atom stereocenters. The van der Waals surface area contributed by atoms with Crippen LogP contribution in [-0.2, 0) is 6.54 Å². The highest BCUT2D eigenvalue weighted by Crippen LogP contribution is 2.25. The minimum absolute atomic E-state index is 0.0841. The van der Waals surface area contributed by atoms with E-state index in [0.717, 1.165) is 38.6 Å². The predicted octanol–water partition coefficient (Wildman–Crippen LogP) is 5.89. The van der Waals surface area contributed by atoms with Crippen molar-refractivity contribution in [3.05, 3.63) is 102 Å². The second-order valence-electron chi connectivity index (χ2n) is 7.43. The molecule has 5 aromatic rings. The first kappa shape index (κ1) is 18.1. The van der Waals surface area contributed by atoms with E-state index in [0.29, 0.717) is 18.0 Å². The summed E-state index contributed by atoms with van der Waals surface area (Å²) in [5.74, 6) is 0.515. The van der Waals surface area contributed by atoms with Crippen molar-refractivity contribution in [2.75, 3.05) is 0 Å². The van der Waals surface area contributed by atoms with Crippen LogP contribution in [0.25, 0.3) is 33.3 Å². The number of nitrogens with one attached hydrogen (secondary N) is 1. The average Bonchev–Trinajstić information content (AvgIpc) is 3.20. The third-order valence-electron chi connectivity index (χ3n) is 5.21. The van der Waals surface area contributed by atoms with E-state index in [4.69, 9.17) is 4.42 Å². The molecule has 146 valence electrons. The highest BCUT2D eigenvalue weighted by atomic mass is 16.3. The summed E-state index contributed by atoms with van der Waals surface area (Å²) in [7, 11) is 0. The van der Waals surface area contributed by atoms with Crippen LogP contribution in [0.4, 0.5) is 0 Å². The lowest BCUT2D eigenvalue weighted by molar-refractivity contribution is 0.0951. The molecule has 0 saturated heterocycles. The van der Waals surface area contributed by atoms with Crippen LogP contribution in [0.5, 0.6) is 0 Å². The van der Waals surface area contributed by atoms with Crippen LogP contribution in [0.3, 0.4) is 0 Å². The number of aryl methyl sites for hydroxylation is 1. The fourth-order valence-electron chi connectivity index (χ4n) is 3.54. The summed E-state index contributed by atoms with van der Waals surface area (Å²) in [6.07, 6.45) is 0. The minimum atomic E-state index is -0.0841. The Bertz CT molecular complexity index is 1370. The Morgan fingerprint density at radius 1 is 0.900 bits per heavy atom.